The molecule has 3 rings (SSSR count). The molecular formula is C17H18BF2N3O5S. The predicted molar refractivity (Wildman–Crippen MR) is 99.2 cm³/mol. The first-order valence-corrected chi connectivity index (χ1v) is 10.2. The van der Waals surface area contributed by atoms with Crippen LogP contribution in [0.3, 0.4) is 0 Å². The van der Waals surface area contributed by atoms with E-state index in [-0.39, 0.29) is 29.1 Å². The van der Waals surface area contributed by atoms with Gasteiger partial charge in [-0.2, -0.15) is 4.31 Å². The molecule has 1 fully saturated rings. The summed E-state index contributed by atoms with van der Waals surface area (Å²) in [4.78, 5) is 16.2. The van der Waals surface area contributed by atoms with Crippen LogP contribution in [0.1, 0.15) is 18.5 Å². The van der Waals surface area contributed by atoms with E-state index in [0.717, 1.165) is 40.8 Å². The number of hydrogen-bond donors (Lipinski definition) is 3. The molecule has 3 N–H and O–H groups in total. The van der Waals surface area contributed by atoms with Crippen molar-refractivity contribution in [3.63, 3.8) is 0 Å². The lowest BCUT2D eigenvalue weighted by Gasteiger charge is -2.23. The minimum atomic E-state index is -3.98. The number of hydrogen-bond acceptors (Lipinski definition) is 6. The highest BCUT2D eigenvalue weighted by molar-refractivity contribution is 7.89. The largest absolute Gasteiger partial charge is 0.491 e. The molecule has 0 bridgehead atoms. The maximum absolute atomic E-state index is 13.5. The zero-order chi connectivity index (χ0) is 21.2. The molecule has 1 atom stereocenters. The summed E-state index contributed by atoms with van der Waals surface area (Å²) in [5.74, 6) is -2.04. The standard InChI is InChI=1S/C17H18BF2N3O5S/c19-11-3-5-13(6-4-11)29(27,28)23-7-1-2-16(23)17(24)22-9-12-8-14(18(25)26)15(20)10-21-12/h3-6,8,10,16,25-26H,1-2,7,9H2,(H,22,24). The first-order chi connectivity index (χ1) is 13.7. The minimum absolute atomic E-state index is 0.111. The SMILES string of the molecule is O=C(NCc1cc(B(O)O)c(F)cn1)C1CCCN1S(=O)(=O)c1ccc(F)cc1. The second-order valence-corrected chi connectivity index (χ2v) is 8.41. The van der Waals surface area contributed by atoms with Gasteiger partial charge in [0.25, 0.3) is 0 Å². The summed E-state index contributed by atoms with van der Waals surface area (Å²) < 4.78 is 53.2. The van der Waals surface area contributed by atoms with Gasteiger partial charge in [0.05, 0.1) is 23.3 Å². The van der Waals surface area contributed by atoms with Crippen molar-refractivity contribution in [3.05, 3.63) is 53.9 Å². The Bertz CT molecular complexity index is 1000. The van der Waals surface area contributed by atoms with Crippen LogP contribution in [0.15, 0.2) is 41.4 Å². The van der Waals surface area contributed by atoms with Gasteiger partial charge in [-0.05, 0) is 43.2 Å². The van der Waals surface area contributed by atoms with Crippen LogP contribution in [0.4, 0.5) is 8.78 Å². The summed E-state index contributed by atoms with van der Waals surface area (Å²) in [6.07, 6.45) is 1.59. The van der Waals surface area contributed by atoms with Crippen LogP contribution in [0.2, 0.25) is 0 Å². The topological polar surface area (TPSA) is 120 Å². The molecule has 154 valence electrons. The summed E-state index contributed by atoms with van der Waals surface area (Å²) in [6, 6.07) is 4.50. The Morgan fingerprint density at radius 2 is 1.97 bits per heavy atom. The van der Waals surface area contributed by atoms with Gasteiger partial charge in [0.15, 0.2) is 0 Å². The van der Waals surface area contributed by atoms with Crippen molar-refractivity contribution in [1.82, 2.24) is 14.6 Å². The quantitative estimate of drug-likeness (QED) is 0.538. The number of pyridine rings is 1. The van der Waals surface area contributed by atoms with Gasteiger partial charge in [0.1, 0.15) is 17.7 Å². The average Bonchev–Trinajstić information content (AvgIpc) is 3.18. The smallest absolute Gasteiger partial charge is 0.423 e. The van der Waals surface area contributed by atoms with E-state index >= 15 is 0 Å². The number of nitrogens with one attached hydrogen (secondary N) is 1. The van der Waals surface area contributed by atoms with Gasteiger partial charge in [-0.25, -0.2) is 17.2 Å². The van der Waals surface area contributed by atoms with E-state index < -0.39 is 40.7 Å². The summed E-state index contributed by atoms with van der Waals surface area (Å²) in [6.45, 7) is -0.00673. The molecule has 1 aromatic heterocycles. The van der Waals surface area contributed by atoms with Gasteiger partial charge in [0.2, 0.25) is 15.9 Å². The number of sulfonamides is 1. The maximum Gasteiger partial charge on any atom is 0.491 e. The molecule has 2 heterocycles. The second-order valence-electron chi connectivity index (χ2n) is 6.52. The number of benzene rings is 1. The van der Waals surface area contributed by atoms with Crippen molar-refractivity contribution in [1.29, 1.82) is 0 Å². The fourth-order valence-electron chi connectivity index (χ4n) is 3.12. The number of halogens is 2. The summed E-state index contributed by atoms with van der Waals surface area (Å²) >= 11 is 0. The van der Waals surface area contributed by atoms with Crippen LogP contribution in [0.5, 0.6) is 0 Å². The fraction of sp³-hybridized carbons (Fsp3) is 0.294. The average molecular weight is 425 g/mol. The molecule has 1 aliphatic heterocycles. The van der Waals surface area contributed by atoms with E-state index in [0.29, 0.717) is 12.8 Å². The normalized spacial score (nSPS) is 17.3. The Labute approximate surface area is 166 Å². The molecule has 0 aliphatic carbocycles. The summed E-state index contributed by atoms with van der Waals surface area (Å²) in [5.41, 5.74) is -0.209. The van der Waals surface area contributed by atoms with Gasteiger partial charge in [-0.15, -0.1) is 0 Å². The van der Waals surface area contributed by atoms with Crippen LogP contribution in [0.25, 0.3) is 0 Å². The lowest BCUT2D eigenvalue weighted by atomic mass is 9.80. The lowest BCUT2D eigenvalue weighted by molar-refractivity contribution is -0.124. The van der Waals surface area contributed by atoms with Gasteiger partial charge >= 0.3 is 7.12 Å². The van der Waals surface area contributed by atoms with Crippen LogP contribution >= 0.6 is 0 Å². The van der Waals surface area contributed by atoms with E-state index in [1.54, 1.807) is 0 Å². The van der Waals surface area contributed by atoms with Crippen molar-refractivity contribution < 1.29 is 32.0 Å². The highest BCUT2D eigenvalue weighted by Crippen LogP contribution is 2.26. The molecule has 2 aromatic rings. The van der Waals surface area contributed by atoms with E-state index in [2.05, 4.69) is 10.3 Å². The van der Waals surface area contributed by atoms with Crippen molar-refractivity contribution in [2.45, 2.75) is 30.3 Å². The molecule has 1 amide bonds. The second kappa shape index (κ2) is 8.53. The minimum Gasteiger partial charge on any atom is -0.423 e. The maximum atomic E-state index is 13.5. The Balaban J connectivity index is 1.72. The summed E-state index contributed by atoms with van der Waals surface area (Å²) in [7, 11) is -6.01. The number of amides is 1. The lowest BCUT2D eigenvalue weighted by Crippen LogP contribution is -2.45. The third kappa shape index (κ3) is 4.61. The Hall–Kier alpha value is -2.41. The molecule has 0 radical (unpaired) electrons. The third-order valence-corrected chi connectivity index (χ3v) is 6.51. The highest BCUT2D eigenvalue weighted by atomic mass is 32.2. The van der Waals surface area contributed by atoms with E-state index in [1.807, 2.05) is 0 Å². The zero-order valence-electron chi connectivity index (χ0n) is 15.1. The molecule has 0 spiro atoms. The van der Waals surface area contributed by atoms with E-state index in [9.17, 15) is 22.0 Å². The molecule has 1 aromatic carbocycles. The Kier molecular flexibility index (Phi) is 6.27. The van der Waals surface area contributed by atoms with Crippen LogP contribution < -0.4 is 10.8 Å². The van der Waals surface area contributed by atoms with E-state index in [4.69, 9.17) is 10.0 Å². The first kappa shape index (κ1) is 21.3. The Morgan fingerprint density at radius 1 is 1.28 bits per heavy atom. The van der Waals surface area contributed by atoms with Gasteiger partial charge in [-0.1, -0.05) is 0 Å². The summed E-state index contributed by atoms with van der Waals surface area (Å²) in [5, 5.41) is 20.8. The predicted octanol–water partition coefficient (Wildman–Crippen LogP) is -0.491. The molecule has 1 unspecified atom stereocenters. The number of rotatable bonds is 6. The highest BCUT2D eigenvalue weighted by Gasteiger charge is 2.39. The molecule has 29 heavy (non-hydrogen) atoms. The van der Waals surface area contributed by atoms with Crippen LogP contribution in [0, 0.1) is 11.6 Å². The van der Waals surface area contributed by atoms with Crippen LogP contribution in [-0.2, 0) is 21.4 Å². The number of aromatic nitrogens is 1. The Morgan fingerprint density at radius 3 is 2.62 bits per heavy atom. The molecule has 1 aliphatic rings. The van der Waals surface area contributed by atoms with E-state index in [1.165, 1.54) is 0 Å². The number of nitrogens with zero attached hydrogens (tertiary/aromatic N) is 2. The molecule has 12 heteroatoms. The van der Waals surface area contributed by atoms with Gasteiger partial charge in [0, 0.05) is 12.0 Å². The van der Waals surface area contributed by atoms with Crippen molar-refractivity contribution >= 4 is 28.5 Å². The third-order valence-electron chi connectivity index (χ3n) is 4.59. The van der Waals surface area contributed by atoms with Gasteiger partial charge in [-0.3, -0.25) is 9.78 Å². The molecule has 8 nitrogen and oxygen atoms in total. The number of carbonyl (C=O) groups is 1. The number of carbonyl (C=O) groups excluding carboxylic acids is 1. The molecule has 1 saturated heterocycles. The first-order valence-electron chi connectivity index (χ1n) is 8.75. The molecular weight excluding hydrogens is 407 g/mol. The van der Waals surface area contributed by atoms with Crippen molar-refractivity contribution in [2.24, 2.45) is 0 Å². The molecule has 0 saturated carbocycles. The monoisotopic (exact) mass is 425 g/mol. The van der Waals surface area contributed by atoms with Crippen molar-refractivity contribution in [2.75, 3.05) is 6.54 Å². The fourth-order valence-corrected chi connectivity index (χ4v) is 4.78. The van der Waals surface area contributed by atoms with Gasteiger partial charge < -0.3 is 15.4 Å². The van der Waals surface area contributed by atoms with Crippen LogP contribution in [-0.4, -0.2) is 53.4 Å². The van der Waals surface area contributed by atoms with Crippen molar-refractivity contribution in [3.8, 4) is 0 Å². The zero-order valence-corrected chi connectivity index (χ0v) is 15.9.